The number of ether oxygens (including phenoxy) is 1. The van der Waals surface area contributed by atoms with Gasteiger partial charge >= 0.3 is 0 Å². The Hall–Kier alpha value is -0.650. The molecule has 15 heavy (non-hydrogen) atoms. The maximum absolute atomic E-state index is 11.6. The molecule has 0 saturated carbocycles. The highest BCUT2D eigenvalue weighted by molar-refractivity contribution is 5.76. The molecule has 5 heteroatoms. The fraction of sp³-hybridized carbons (Fsp3) is 0.900. The Morgan fingerprint density at radius 3 is 2.67 bits per heavy atom. The Morgan fingerprint density at radius 2 is 2.20 bits per heavy atom. The number of nitrogens with zero attached hydrogens (tertiary/aromatic N) is 1. The van der Waals surface area contributed by atoms with Crippen molar-refractivity contribution >= 4 is 5.91 Å². The predicted octanol–water partition coefficient (Wildman–Crippen LogP) is -0.563. The molecule has 0 radical (unpaired) electrons. The lowest BCUT2D eigenvalue weighted by molar-refractivity contribution is -0.132. The summed E-state index contributed by atoms with van der Waals surface area (Å²) in [4.78, 5) is 13.1. The summed E-state index contributed by atoms with van der Waals surface area (Å²) >= 11 is 0. The van der Waals surface area contributed by atoms with Crippen LogP contribution in [0.25, 0.3) is 0 Å². The summed E-state index contributed by atoms with van der Waals surface area (Å²) in [5, 5.41) is 9.42. The van der Waals surface area contributed by atoms with Crippen molar-refractivity contribution in [3.8, 4) is 0 Å². The number of hydrogen-bond acceptors (Lipinski definition) is 4. The van der Waals surface area contributed by atoms with Crippen molar-refractivity contribution in [2.45, 2.75) is 19.4 Å². The van der Waals surface area contributed by atoms with Gasteiger partial charge in [0.1, 0.15) is 0 Å². The second kappa shape index (κ2) is 7.62. The van der Waals surface area contributed by atoms with Gasteiger partial charge in [0.05, 0.1) is 12.7 Å². The number of methoxy groups -OCH3 is 1. The smallest absolute Gasteiger partial charge is 0.222 e. The van der Waals surface area contributed by atoms with Crippen molar-refractivity contribution in [3.05, 3.63) is 0 Å². The molecule has 0 rings (SSSR count). The molecular weight excluding hydrogens is 196 g/mol. The first-order chi connectivity index (χ1) is 7.01. The first-order valence-corrected chi connectivity index (χ1v) is 5.12. The van der Waals surface area contributed by atoms with Gasteiger partial charge in [0.15, 0.2) is 0 Å². The van der Waals surface area contributed by atoms with Crippen molar-refractivity contribution in [2.24, 2.45) is 11.7 Å². The van der Waals surface area contributed by atoms with Gasteiger partial charge in [-0.1, -0.05) is 6.92 Å². The van der Waals surface area contributed by atoms with Crippen molar-refractivity contribution in [2.75, 3.05) is 33.9 Å². The zero-order valence-corrected chi connectivity index (χ0v) is 9.77. The average Bonchev–Trinajstić information content (AvgIpc) is 2.17. The number of nitrogens with two attached hydrogens (primary N) is 1. The highest BCUT2D eigenvalue weighted by atomic mass is 16.5. The lowest BCUT2D eigenvalue weighted by atomic mass is 10.1. The lowest BCUT2D eigenvalue weighted by Crippen LogP contribution is -2.37. The van der Waals surface area contributed by atoms with Crippen LogP contribution in [0.1, 0.15) is 13.3 Å². The molecule has 2 unspecified atom stereocenters. The molecule has 0 bridgehead atoms. The van der Waals surface area contributed by atoms with Crippen LogP contribution in [0.5, 0.6) is 0 Å². The standard InChI is InChI=1S/C10H22N2O3/c1-8(5-11)4-10(14)12(2)6-9(13)7-15-3/h8-9,13H,4-7,11H2,1-3H3. The molecule has 1 amide bonds. The quantitative estimate of drug-likeness (QED) is 0.600. The van der Waals surface area contributed by atoms with E-state index in [2.05, 4.69) is 0 Å². The number of aliphatic hydroxyl groups excluding tert-OH is 1. The maximum Gasteiger partial charge on any atom is 0.222 e. The summed E-state index contributed by atoms with van der Waals surface area (Å²) in [5.41, 5.74) is 5.43. The molecular formula is C10H22N2O3. The number of likely N-dealkylation sites (N-methyl/N-ethyl adjacent to an activating group) is 1. The van der Waals surface area contributed by atoms with E-state index in [0.717, 1.165) is 0 Å². The fourth-order valence-electron chi connectivity index (χ4n) is 1.20. The summed E-state index contributed by atoms with van der Waals surface area (Å²) in [6.07, 6.45) is -0.204. The van der Waals surface area contributed by atoms with Crippen LogP contribution in [0, 0.1) is 5.92 Å². The van der Waals surface area contributed by atoms with E-state index in [1.807, 2.05) is 6.92 Å². The predicted molar refractivity (Wildman–Crippen MR) is 58.4 cm³/mol. The van der Waals surface area contributed by atoms with Crippen LogP contribution < -0.4 is 5.73 Å². The van der Waals surface area contributed by atoms with E-state index in [0.29, 0.717) is 19.5 Å². The molecule has 0 aromatic carbocycles. The first-order valence-electron chi connectivity index (χ1n) is 5.12. The van der Waals surface area contributed by atoms with Crippen LogP contribution in [-0.4, -0.2) is 55.9 Å². The summed E-state index contributed by atoms with van der Waals surface area (Å²) in [6, 6.07) is 0. The van der Waals surface area contributed by atoms with Gasteiger partial charge in [-0.05, 0) is 12.5 Å². The van der Waals surface area contributed by atoms with E-state index in [4.69, 9.17) is 10.5 Å². The van der Waals surface area contributed by atoms with Crippen LogP contribution in [-0.2, 0) is 9.53 Å². The van der Waals surface area contributed by atoms with Crippen molar-refractivity contribution < 1.29 is 14.6 Å². The third-order valence-electron chi connectivity index (χ3n) is 2.19. The van der Waals surface area contributed by atoms with Crippen LogP contribution in [0.15, 0.2) is 0 Å². The number of amides is 1. The average molecular weight is 218 g/mol. The third kappa shape index (κ3) is 6.43. The van der Waals surface area contributed by atoms with E-state index >= 15 is 0 Å². The normalized spacial score (nSPS) is 14.7. The minimum Gasteiger partial charge on any atom is -0.389 e. The second-order valence-corrected chi connectivity index (χ2v) is 3.93. The molecule has 2 atom stereocenters. The minimum absolute atomic E-state index is 0.00287. The fourth-order valence-corrected chi connectivity index (χ4v) is 1.20. The number of aliphatic hydroxyl groups is 1. The first kappa shape index (κ1) is 14.3. The van der Waals surface area contributed by atoms with Gasteiger partial charge in [-0.3, -0.25) is 4.79 Å². The molecule has 0 aromatic heterocycles. The Labute approximate surface area is 91.2 Å². The highest BCUT2D eigenvalue weighted by Gasteiger charge is 2.15. The number of rotatable bonds is 7. The lowest BCUT2D eigenvalue weighted by Gasteiger charge is -2.21. The van der Waals surface area contributed by atoms with Gasteiger partial charge < -0.3 is 20.5 Å². The molecule has 3 N–H and O–H groups in total. The SMILES string of the molecule is COCC(O)CN(C)C(=O)CC(C)CN. The van der Waals surface area contributed by atoms with Gasteiger partial charge in [0, 0.05) is 27.1 Å². The molecule has 5 nitrogen and oxygen atoms in total. The van der Waals surface area contributed by atoms with E-state index in [1.54, 1.807) is 7.05 Å². The molecule has 0 aromatic rings. The highest BCUT2D eigenvalue weighted by Crippen LogP contribution is 2.03. The molecule has 0 heterocycles. The monoisotopic (exact) mass is 218 g/mol. The Morgan fingerprint density at radius 1 is 1.60 bits per heavy atom. The van der Waals surface area contributed by atoms with E-state index in [1.165, 1.54) is 12.0 Å². The van der Waals surface area contributed by atoms with Crippen LogP contribution >= 0.6 is 0 Å². The summed E-state index contributed by atoms with van der Waals surface area (Å²) < 4.78 is 4.78. The van der Waals surface area contributed by atoms with E-state index in [-0.39, 0.29) is 18.4 Å². The van der Waals surface area contributed by atoms with Crippen LogP contribution in [0.4, 0.5) is 0 Å². The molecule has 0 fully saturated rings. The Kier molecular flexibility index (Phi) is 7.29. The zero-order chi connectivity index (χ0) is 11.8. The van der Waals surface area contributed by atoms with Crippen molar-refractivity contribution in [1.82, 2.24) is 4.90 Å². The number of hydrogen-bond donors (Lipinski definition) is 2. The Bertz CT molecular complexity index is 188. The maximum atomic E-state index is 11.6. The van der Waals surface area contributed by atoms with Crippen molar-refractivity contribution in [1.29, 1.82) is 0 Å². The van der Waals surface area contributed by atoms with Gasteiger partial charge in [0.25, 0.3) is 0 Å². The molecule has 0 spiro atoms. The molecule has 90 valence electrons. The van der Waals surface area contributed by atoms with Gasteiger partial charge in [-0.2, -0.15) is 0 Å². The third-order valence-corrected chi connectivity index (χ3v) is 2.19. The minimum atomic E-state index is -0.628. The van der Waals surface area contributed by atoms with E-state index < -0.39 is 6.10 Å². The van der Waals surface area contributed by atoms with Gasteiger partial charge in [-0.15, -0.1) is 0 Å². The van der Waals surface area contributed by atoms with Crippen LogP contribution in [0.3, 0.4) is 0 Å². The van der Waals surface area contributed by atoms with Gasteiger partial charge in [-0.25, -0.2) is 0 Å². The van der Waals surface area contributed by atoms with E-state index in [9.17, 15) is 9.90 Å². The Balaban J connectivity index is 3.87. The summed E-state index contributed by atoms with van der Waals surface area (Å²) in [5.74, 6) is 0.183. The topological polar surface area (TPSA) is 75.8 Å². The number of carbonyl (C=O) groups is 1. The molecule has 0 aliphatic carbocycles. The largest absolute Gasteiger partial charge is 0.389 e. The van der Waals surface area contributed by atoms with Crippen molar-refractivity contribution in [3.63, 3.8) is 0 Å². The molecule has 0 aliphatic rings. The molecule has 0 saturated heterocycles. The van der Waals surface area contributed by atoms with Crippen LogP contribution in [0.2, 0.25) is 0 Å². The number of carbonyl (C=O) groups excluding carboxylic acids is 1. The summed E-state index contributed by atoms with van der Waals surface area (Å²) in [7, 11) is 3.19. The zero-order valence-electron chi connectivity index (χ0n) is 9.77. The second-order valence-electron chi connectivity index (χ2n) is 3.93. The molecule has 0 aliphatic heterocycles. The van der Waals surface area contributed by atoms with Gasteiger partial charge in [0.2, 0.25) is 5.91 Å². The summed E-state index contributed by atoms with van der Waals surface area (Å²) in [6.45, 7) is 2.96.